The Bertz CT molecular complexity index is 109. The topological polar surface area (TPSA) is 41.1 Å². The number of amides is 1. The van der Waals surface area contributed by atoms with Crippen LogP contribution in [0.4, 0.5) is 0 Å². The monoisotopic (exact) mass is 176 g/mol. The maximum absolute atomic E-state index is 10.9. The zero-order valence-electron chi connectivity index (χ0n) is 6.89. The number of rotatable bonds is 6. The molecule has 0 aromatic carbocycles. The Labute approximate surface area is 73.3 Å². The number of thiol groups is 1. The van der Waals surface area contributed by atoms with Crippen molar-refractivity contribution in [2.24, 2.45) is 0 Å². The van der Waals surface area contributed by atoms with E-state index in [1.807, 2.05) is 7.05 Å². The van der Waals surface area contributed by atoms with Crippen molar-refractivity contribution in [1.82, 2.24) is 10.6 Å². The Balaban J connectivity index is 3.09. The van der Waals surface area contributed by atoms with Gasteiger partial charge in [-0.15, -0.1) is 0 Å². The third-order valence-electron chi connectivity index (χ3n) is 1.26. The number of carbonyl (C=O) groups excluding carboxylic acids is 1. The van der Waals surface area contributed by atoms with E-state index in [0.29, 0.717) is 6.42 Å². The molecule has 0 unspecified atom stereocenters. The normalized spacial score (nSPS) is 9.64. The van der Waals surface area contributed by atoms with Gasteiger partial charge < -0.3 is 10.6 Å². The van der Waals surface area contributed by atoms with Crippen LogP contribution < -0.4 is 10.6 Å². The first-order chi connectivity index (χ1) is 5.31. The zero-order valence-corrected chi connectivity index (χ0v) is 7.79. The zero-order chi connectivity index (χ0) is 8.53. The summed E-state index contributed by atoms with van der Waals surface area (Å²) in [6, 6.07) is 0. The molecule has 2 N–H and O–H groups in total. The highest BCUT2D eigenvalue weighted by molar-refractivity contribution is 7.80. The summed E-state index contributed by atoms with van der Waals surface area (Å²) in [6.45, 7) is 1.48. The minimum absolute atomic E-state index is 0.112. The Kier molecular flexibility index (Phi) is 7.72. The van der Waals surface area contributed by atoms with E-state index >= 15 is 0 Å². The molecule has 0 saturated carbocycles. The summed E-state index contributed by atoms with van der Waals surface area (Å²) in [5.74, 6) is 0.938. The van der Waals surface area contributed by atoms with Crippen molar-refractivity contribution in [3.63, 3.8) is 0 Å². The van der Waals surface area contributed by atoms with E-state index in [4.69, 9.17) is 0 Å². The molecule has 4 heteroatoms. The molecule has 0 spiro atoms. The van der Waals surface area contributed by atoms with Crippen LogP contribution in [0.25, 0.3) is 0 Å². The highest BCUT2D eigenvalue weighted by atomic mass is 32.1. The van der Waals surface area contributed by atoms with Crippen molar-refractivity contribution in [3.05, 3.63) is 0 Å². The third kappa shape index (κ3) is 7.68. The molecule has 0 aromatic rings. The molecule has 0 aliphatic heterocycles. The first-order valence-corrected chi connectivity index (χ1v) is 4.46. The fraction of sp³-hybridized carbons (Fsp3) is 0.857. The molecule has 0 fully saturated rings. The Hall–Kier alpha value is -0.220. The first kappa shape index (κ1) is 10.8. The second-order valence-electron chi connectivity index (χ2n) is 2.28. The molecule has 3 nitrogen and oxygen atoms in total. The highest BCUT2D eigenvalue weighted by Gasteiger charge is 1.96. The van der Waals surface area contributed by atoms with Gasteiger partial charge in [0, 0.05) is 19.5 Å². The number of nitrogens with one attached hydrogen (secondary N) is 2. The standard InChI is InChI=1S/C7H16N2OS/c1-8-5-3-7(10)9-4-2-6-11/h8,11H,2-6H2,1H3,(H,9,10). The lowest BCUT2D eigenvalue weighted by Gasteiger charge is -2.02. The van der Waals surface area contributed by atoms with Gasteiger partial charge in [-0.25, -0.2) is 0 Å². The van der Waals surface area contributed by atoms with Gasteiger partial charge >= 0.3 is 0 Å². The van der Waals surface area contributed by atoms with Crippen LogP contribution >= 0.6 is 12.6 Å². The van der Waals surface area contributed by atoms with E-state index in [1.165, 1.54) is 0 Å². The maximum Gasteiger partial charge on any atom is 0.221 e. The van der Waals surface area contributed by atoms with Crippen molar-refractivity contribution >= 4 is 18.5 Å². The van der Waals surface area contributed by atoms with Gasteiger partial charge in [-0.3, -0.25) is 4.79 Å². The molecule has 0 aliphatic rings. The maximum atomic E-state index is 10.9. The quantitative estimate of drug-likeness (QED) is 0.395. The SMILES string of the molecule is CNCCC(=O)NCCCS. The van der Waals surface area contributed by atoms with Gasteiger partial charge in [0.1, 0.15) is 0 Å². The van der Waals surface area contributed by atoms with E-state index in [0.717, 1.165) is 25.3 Å². The van der Waals surface area contributed by atoms with Gasteiger partial charge in [0.05, 0.1) is 0 Å². The first-order valence-electron chi connectivity index (χ1n) is 3.83. The number of carbonyl (C=O) groups is 1. The molecule has 0 rings (SSSR count). The van der Waals surface area contributed by atoms with Gasteiger partial charge in [0.2, 0.25) is 5.91 Å². The van der Waals surface area contributed by atoms with E-state index < -0.39 is 0 Å². The number of hydrogen-bond donors (Lipinski definition) is 3. The lowest BCUT2D eigenvalue weighted by molar-refractivity contribution is -0.120. The van der Waals surface area contributed by atoms with E-state index in [9.17, 15) is 4.79 Å². The number of hydrogen-bond acceptors (Lipinski definition) is 3. The predicted octanol–water partition coefficient (Wildman–Crippen LogP) is 0.0320. The van der Waals surface area contributed by atoms with Crippen LogP contribution in [0.5, 0.6) is 0 Å². The summed E-state index contributed by atoms with van der Waals surface area (Å²) in [7, 11) is 1.83. The molecule has 0 aliphatic carbocycles. The molecule has 0 aromatic heterocycles. The molecular weight excluding hydrogens is 160 g/mol. The average molecular weight is 176 g/mol. The van der Waals surface area contributed by atoms with Gasteiger partial charge in [0.25, 0.3) is 0 Å². The molecule has 11 heavy (non-hydrogen) atoms. The van der Waals surface area contributed by atoms with Gasteiger partial charge in [-0.2, -0.15) is 12.6 Å². The Morgan fingerprint density at radius 1 is 1.45 bits per heavy atom. The summed E-state index contributed by atoms with van der Waals surface area (Å²) in [4.78, 5) is 10.9. The summed E-state index contributed by atoms with van der Waals surface area (Å²) in [5, 5.41) is 5.70. The molecular formula is C7H16N2OS. The second kappa shape index (κ2) is 7.88. The van der Waals surface area contributed by atoms with Gasteiger partial charge in [-0.05, 0) is 19.2 Å². The fourth-order valence-electron chi connectivity index (χ4n) is 0.634. The summed E-state index contributed by atoms with van der Waals surface area (Å²) in [5.41, 5.74) is 0. The van der Waals surface area contributed by atoms with E-state index in [-0.39, 0.29) is 5.91 Å². The van der Waals surface area contributed by atoms with Crippen LogP contribution in [0.15, 0.2) is 0 Å². The van der Waals surface area contributed by atoms with Crippen LogP contribution in [0.2, 0.25) is 0 Å². The smallest absolute Gasteiger partial charge is 0.221 e. The molecule has 0 radical (unpaired) electrons. The third-order valence-corrected chi connectivity index (χ3v) is 1.58. The Morgan fingerprint density at radius 3 is 2.73 bits per heavy atom. The highest BCUT2D eigenvalue weighted by Crippen LogP contribution is 1.81. The van der Waals surface area contributed by atoms with Gasteiger partial charge in [-0.1, -0.05) is 0 Å². The lowest BCUT2D eigenvalue weighted by atomic mass is 10.4. The van der Waals surface area contributed by atoms with Crippen molar-refractivity contribution < 1.29 is 4.79 Å². The van der Waals surface area contributed by atoms with Crippen LogP contribution in [-0.4, -0.2) is 31.8 Å². The summed E-state index contributed by atoms with van der Waals surface area (Å²) in [6.07, 6.45) is 1.50. The van der Waals surface area contributed by atoms with Crippen molar-refractivity contribution in [1.29, 1.82) is 0 Å². The Morgan fingerprint density at radius 2 is 2.18 bits per heavy atom. The minimum Gasteiger partial charge on any atom is -0.356 e. The minimum atomic E-state index is 0.112. The van der Waals surface area contributed by atoms with Crippen LogP contribution in [-0.2, 0) is 4.79 Å². The summed E-state index contributed by atoms with van der Waals surface area (Å²) >= 11 is 4.03. The molecule has 1 amide bonds. The van der Waals surface area contributed by atoms with Crippen LogP contribution in [0, 0.1) is 0 Å². The van der Waals surface area contributed by atoms with Gasteiger partial charge in [0.15, 0.2) is 0 Å². The van der Waals surface area contributed by atoms with Crippen LogP contribution in [0.3, 0.4) is 0 Å². The molecule has 0 atom stereocenters. The molecule has 0 heterocycles. The molecule has 66 valence electrons. The van der Waals surface area contributed by atoms with Crippen LogP contribution in [0.1, 0.15) is 12.8 Å². The largest absolute Gasteiger partial charge is 0.356 e. The van der Waals surface area contributed by atoms with Crippen molar-refractivity contribution in [2.45, 2.75) is 12.8 Å². The average Bonchev–Trinajstić information content (AvgIpc) is 2.01. The van der Waals surface area contributed by atoms with E-state index in [2.05, 4.69) is 23.3 Å². The van der Waals surface area contributed by atoms with E-state index in [1.54, 1.807) is 0 Å². The van der Waals surface area contributed by atoms with Crippen molar-refractivity contribution in [2.75, 3.05) is 25.9 Å². The predicted molar refractivity (Wildman–Crippen MR) is 50.0 cm³/mol. The molecule has 0 saturated heterocycles. The molecule has 0 bridgehead atoms. The fourth-order valence-corrected chi connectivity index (χ4v) is 0.792. The summed E-state index contributed by atoms with van der Waals surface area (Å²) < 4.78 is 0. The van der Waals surface area contributed by atoms with Crippen molar-refractivity contribution in [3.8, 4) is 0 Å². The lowest BCUT2D eigenvalue weighted by Crippen LogP contribution is -2.27. The second-order valence-corrected chi connectivity index (χ2v) is 2.73.